The van der Waals surface area contributed by atoms with E-state index in [9.17, 15) is 4.79 Å². The molecule has 0 aliphatic heterocycles. The molecule has 0 fully saturated rings. The number of fused-ring (bicyclic) bond motifs is 1. The summed E-state index contributed by atoms with van der Waals surface area (Å²) in [5.74, 6) is 1.21. The van der Waals surface area contributed by atoms with Crippen molar-refractivity contribution in [3.63, 3.8) is 0 Å². The second kappa shape index (κ2) is 7.87. The van der Waals surface area contributed by atoms with E-state index in [4.69, 9.17) is 9.47 Å². The number of rotatable bonds is 6. The van der Waals surface area contributed by atoms with Gasteiger partial charge in [0.25, 0.3) is 5.91 Å². The van der Waals surface area contributed by atoms with E-state index in [1.165, 1.54) is 0 Å². The first-order valence-electron chi connectivity index (χ1n) is 8.54. The predicted octanol–water partition coefficient (Wildman–Crippen LogP) is 3.96. The lowest BCUT2D eigenvalue weighted by Gasteiger charge is -2.11. The second-order valence-corrected chi connectivity index (χ2v) is 6.22. The van der Waals surface area contributed by atoms with Gasteiger partial charge in [-0.15, -0.1) is 0 Å². The normalized spacial score (nSPS) is 10.8. The minimum absolute atomic E-state index is 0.134. The molecule has 0 radical (unpaired) electrons. The van der Waals surface area contributed by atoms with Gasteiger partial charge in [-0.3, -0.25) is 4.79 Å². The van der Waals surface area contributed by atoms with Crippen LogP contribution in [0.2, 0.25) is 0 Å². The van der Waals surface area contributed by atoms with Crippen LogP contribution in [0.1, 0.15) is 29.9 Å². The smallest absolute Gasteiger partial charge is 0.270 e. The van der Waals surface area contributed by atoms with E-state index >= 15 is 0 Å². The summed E-state index contributed by atoms with van der Waals surface area (Å²) in [6.07, 6.45) is 0.134. The van der Waals surface area contributed by atoms with Crippen LogP contribution in [0.3, 0.4) is 0 Å². The molecule has 0 unspecified atom stereocenters. The average Bonchev–Trinajstić information content (AvgIpc) is 2.65. The highest BCUT2D eigenvalue weighted by Gasteiger charge is 2.12. The van der Waals surface area contributed by atoms with Crippen LogP contribution >= 0.6 is 0 Å². The minimum Gasteiger partial charge on any atom is -0.496 e. The van der Waals surface area contributed by atoms with Crippen LogP contribution in [0.15, 0.2) is 54.6 Å². The Hall–Kier alpha value is -3.08. The zero-order valence-electron chi connectivity index (χ0n) is 15.2. The molecule has 0 saturated heterocycles. The fraction of sp³-hybridized carbons (Fsp3) is 0.238. The molecule has 3 rings (SSSR count). The molecule has 5 heteroatoms. The summed E-state index contributed by atoms with van der Waals surface area (Å²) >= 11 is 0. The molecule has 0 aliphatic carbocycles. The molecule has 2 aromatic carbocycles. The van der Waals surface area contributed by atoms with Crippen molar-refractivity contribution < 1.29 is 14.3 Å². The summed E-state index contributed by atoms with van der Waals surface area (Å²) in [7, 11) is 1.59. The van der Waals surface area contributed by atoms with E-state index < -0.39 is 0 Å². The summed E-state index contributed by atoms with van der Waals surface area (Å²) in [4.78, 5) is 16.9. The van der Waals surface area contributed by atoms with Crippen LogP contribution in [-0.2, 0) is 6.54 Å². The van der Waals surface area contributed by atoms with Crippen LogP contribution in [-0.4, -0.2) is 24.1 Å². The molecular weight excluding hydrogens is 328 g/mol. The molecule has 1 amide bonds. The number of hydrogen-bond donors (Lipinski definition) is 1. The Morgan fingerprint density at radius 3 is 2.54 bits per heavy atom. The third kappa shape index (κ3) is 4.11. The lowest BCUT2D eigenvalue weighted by Crippen LogP contribution is -2.23. The van der Waals surface area contributed by atoms with Gasteiger partial charge in [-0.2, -0.15) is 0 Å². The Morgan fingerprint density at radius 1 is 1.12 bits per heavy atom. The number of methoxy groups -OCH3 is 1. The number of carbonyl (C=O) groups is 1. The molecule has 3 aromatic rings. The summed E-state index contributed by atoms with van der Waals surface area (Å²) in [5.41, 5.74) is 2.05. The molecule has 0 bridgehead atoms. The number of nitrogens with one attached hydrogen (secondary N) is 1. The average molecular weight is 350 g/mol. The summed E-state index contributed by atoms with van der Waals surface area (Å²) < 4.78 is 11.0. The summed E-state index contributed by atoms with van der Waals surface area (Å²) in [5, 5.41) is 3.78. The van der Waals surface area contributed by atoms with Gasteiger partial charge in [-0.05, 0) is 43.7 Å². The van der Waals surface area contributed by atoms with Gasteiger partial charge in [0.2, 0.25) is 0 Å². The van der Waals surface area contributed by atoms with Crippen molar-refractivity contribution in [2.24, 2.45) is 0 Å². The largest absolute Gasteiger partial charge is 0.496 e. The Bertz CT molecular complexity index is 905. The van der Waals surface area contributed by atoms with Crippen LogP contribution in [0, 0.1) is 0 Å². The summed E-state index contributed by atoms with van der Waals surface area (Å²) in [6, 6.07) is 16.9. The number of hydrogen-bond acceptors (Lipinski definition) is 4. The number of pyridine rings is 1. The van der Waals surface area contributed by atoms with E-state index in [2.05, 4.69) is 10.3 Å². The monoisotopic (exact) mass is 350 g/mol. The zero-order valence-corrected chi connectivity index (χ0v) is 15.2. The van der Waals surface area contributed by atoms with Gasteiger partial charge in [0, 0.05) is 18.0 Å². The number of aromatic nitrogens is 1. The van der Waals surface area contributed by atoms with E-state index in [0.717, 1.165) is 22.2 Å². The predicted molar refractivity (Wildman–Crippen MR) is 102 cm³/mol. The first kappa shape index (κ1) is 17.7. The second-order valence-electron chi connectivity index (χ2n) is 6.22. The highest BCUT2D eigenvalue weighted by molar-refractivity contribution is 5.97. The van der Waals surface area contributed by atoms with Gasteiger partial charge < -0.3 is 14.8 Å². The van der Waals surface area contributed by atoms with Gasteiger partial charge in [-0.1, -0.05) is 24.3 Å². The van der Waals surface area contributed by atoms with Crippen LogP contribution in [0.5, 0.6) is 11.5 Å². The number of para-hydroxylation sites is 1. The molecule has 26 heavy (non-hydrogen) atoms. The maximum absolute atomic E-state index is 12.5. The zero-order chi connectivity index (χ0) is 18.5. The highest BCUT2D eigenvalue weighted by Crippen LogP contribution is 2.25. The number of ether oxygens (including phenoxy) is 2. The van der Waals surface area contributed by atoms with Gasteiger partial charge in [0.05, 0.1) is 18.7 Å². The van der Waals surface area contributed by atoms with Crippen molar-refractivity contribution >= 4 is 16.8 Å². The van der Waals surface area contributed by atoms with Crippen LogP contribution in [0.25, 0.3) is 10.9 Å². The Balaban J connectivity index is 1.71. The van der Waals surface area contributed by atoms with Crippen molar-refractivity contribution in [2.45, 2.75) is 26.5 Å². The molecule has 0 aliphatic rings. The van der Waals surface area contributed by atoms with Gasteiger partial charge in [0.15, 0.2) is 0 Å². The van der Waals surface area contributed by atoms with Crippen molar-refractivity contribution in [2.75, 3.05) is 7.11 Å². The van der Waals surface area contributed by atoms with E-state index in [-0.39, 0.29) is 12.0 Å². The highest BCUT2D eigenvalue weighted by atomic mass is 16.5. The SMILES string of the molecule is COc1cc(C(=O)NCc2ccc(OC(C)C)cc2)nc2ccccc12. The molecule has 1 aromatic heterocycles. The fourth-order valence-corrected chi connectivity index (χ4v) is 2.66. The molecule has 134 valence electrons. The maximum atomic E-state index is 12.5. The van der Waals surface area contributed by atoms with Crippen LogP contribution < -0.4 is 14.8 Å². The van der Waals surface area contributed by atoms with E-state index in [1.807, 2.05) is 62.4 Å². The fourth-order valence-electron chi connectivity index (χ4n) is 2.66. The Morgan fingerprint density at radius 2 is 1.85 bits per heavy atom. The number of carbonyl (C=O) groups excluding carboxylic acids is 1. The molecule has 0 spiro atoms. The topological polar surface area (TPSA) is 60.5 Å². The number of nitrogens with zero attached hydrogens (tertiary/aromatic N) is 1. The molecular formula is C21H22N2O3. The summed E-state index contributed by atoms with van der Waals surface area (Å²) in [6.45, 7) is 4.38. The quantitative estimate of drug-likeness (QED) is 0.731. The maximum Gasteiger partial charge on any atom is 0.270 e. The third-order valence-electron chi connectivity index (χ3n) is 3.88. The van der Waals surface area contributed by atoms with Crippen LogP contribution in [0.4, 0.5) is 0 Å². The first-order chi connectivity index (χ1) is 12.6. The van der Waals surface area contributed by atoms with Crippen molar-refractivity contribution in [3.05, 3.63) is 65.9 Å². The molecule has 0 atom stereocenters. The Kier molecular flexibility index (Phi) is 5.37. The van der Waals surface area contributed by atoms with Gasteiger partial charge in [0.1, 0.15) is 17.2 Å². The van der Waals surface area contributed by atoms with Gasteiger partial charge >= 0.3 is 0 Å². The third-order valence-corrected chi connectivity index (χ3v) is 3.88. The van der Waals surface area contributed by atoms with Crippen molar-refractivity contribution in [1.82, 2.24) is 10.3 Å². The lowest BCUT2D eigenvalue weighted by molar-refractivity contribution is 0.0946. The Labute approximate surface area is 153 Å². The standard InChI is InChI=1S/C21H22N2O3/c1-14(2)26-16-10-8-15(9-11-16)13-22-21(24)19-12-20(25-3)17-6-4-5-7-18(17)23-19/h4-12,14H,13H2,1-3H3,(H,22,24). The number of benzene rings is 2. The molecule has 0 saturated carbocycles. The molecule has 1 heterocycles. The lowest BCUT2D eigenvalue weighted by atomic mass is 10.1. The van der Waals surface area contributed by atoms with Gasteiger partial charge in [-0.25, -0.2) is 4.98 Å². The van der Waals surface area contributed by atoms with E-state index in [1.54, 1.807) is 13.2 Å². The number of amides is 1. The van der Waals surface area contributed by atoms with Crippen molar-refractivity contribution in [1.29, 1.82) is 0 Å². The first-order valence-corrected chi connectivity index (χ1v) is 8.54. The molecule has 5 nitrogen and oxygen atoms in total. The minimum atomic E-state index is -0.239. The van der Waals surface area contributed by atoms with E-state index in [0.29, 0.717) is 18.0 Å². The van der Waals surface area contributed by atoms with Crippen molar-refractivity contribution in [3.8, 4) is 11.5 Å². The molecule has 1 N–H and O–H groups in total.